The van der Waals surface area contributed by atoms with E-state index in [1.54, 1.807) is 0 Å². The SMILES string of the molecule is O=C(O)CCCNCc1cc(F)cc(Br)c1. The minimum absolute atomic E-state index is 0.153. The highest BCUT2D eigenvalue weighted by molar-refractivity contribution is 9.10. The first-order chi connectivity index (χ1) is 7.58. The summed E-state index contributed by atoms with van der Waals surface area (Å²) in [5, 5.41) is 11.5. The van der Waals surface area contributed by atoms with Gasteiger partial charge in [-0.15, -0.1) is 0 Å². The third kappa shape index (κ3) is 5.23. The van der Waals surface area contributed by atoms with Crippen LogP contribution in [-0.4, -0.2) is 17.6 Å². The fraction of sp³-hybridized carbons (Fsp3) is 0.364. The van der Waals surface area contributed by atoms with Crippen molar-refractivity contribution in [3.63, 3.8) is 0 Å². The van der Waals surface area contributed by atoms with E-state index in [1.165, 1.54) is 12.1 Å². The molecule has 5 heteroatoms. The summed E-state index contributed by atoms with van der Waals surface area (Å²) in [6.45, 7) is 1.15. The Morgan fingerprint density at radius 3 is 2.81 bits per heavy atom. The topological polar surface area (TPSA) is 49.3 Å². The Bertz CT molecular complexity index is 351. The lowest BCUT2D eigenvalue weighted by Gasteiger charge is -2.04. The molecule has 88 valence electrons. The Balaban J connectivity index is 2.29. The number of aliphatic carboxylic acids is 1. The molecule has 0 aromatic heterocycles. The highest BCUT2D eigenvalue weighted by Crippen LogP contribution is 2.14. The van der Waals surface area contributed by atoms with Crippen molar-refractivity contribution in [2.75, 3.05) is 6.54 Å². The van der Waals surface area contributed by atoms with E-state index < -0.39 is 5.97 Å². The largest absolute Gasteiger partial charge is 0.481 e. The van der Waals surface area contributed by atoms with Crippen molar-refractivity contribution in [3.8, 4) is 0 Å². The second-order valence-corrected chi connectivity index (χ2v) is 4.37. The molecule has 0 bridgehead atoms. The number of carboxylic acids is 1. The Hall–Kier alpha value is -0.940. The molecular formula is C11H13BrFNO2. The van der Waals surface area contributed by atoms with Crippen molar-refractivity contribution >= 4 is 21.9 Å². The number of halogens is 2. The summed E-state index contributed by atoms with van der Waals surface area (Å²) >= 11 is 3.21. The molecule has 1 aromatic carbocycles. The van der Waals surface area contributed by atoms with Gasteiger partial charge in [0.05, 0.1) is 0 Å². The van der Waals surface area contributed by atoms with Crippen LogP contribution in [0.3, 0.4) is 0 Å². The first kappa shape index (κ1) is 13.1. The maximum atomic E-state index is 13.0. The summed E-state index contributed by atoms with van der Waals surface area (Å²) in [6, 6.07) is 4.68. The van der Waals surface area contributed by atoms with Crippen LogP contribution >= 0.6 is 15.9 Å². The third-order valence-electron chi connectivity index (χ3n) is 2.00. The van der Waals surface area contributed by atoms with E-state index in [0.717, 1.165) is 5.56 Å². The van der Waals surface area contributed by atoms with Gasteiger partial charge in [0.1, 0.15) is 5.82 Å². The molecule has 1 aromatic rings. The normalized spacial score (nSPS) is 10.4. The van der Waals surface area contributed by atoms with Crippen LogP contribution < -0.4 is 5.32 Å². The lowest BCUT2D eigenvalue weighted by atomic mass is 10.2. The highest BCUT2D eigenvalue weighted by Gasteiger charge is 1.99. The van der Waals surface area contributed by atoms with Gasteiger partial charge in [-0.2, -0.15) is 0 Å². The first-order valence-corrected chi connectivity index (χ1v) is 5.74. The van der Waals surface area contributed by atoms with Crippen LogP contribution in [0.5, 0.6) is 0 Å². The number of carbonyl (C=O) groups is 1. The van der Waals surface area contributed by atoms with Crippen molar-refractivity contribution in [1.82, 2.24) is 5.32 Å². The van der Waals surface area contributed by atoms with Gasteiger partial charge in [-0.05, 0) is 36.7 Å². The molecule has 0 amide bonds. The molecule has 0 saturated heterocycles. The average Bonchev–Trinajstić information content (AvgIpc) is 2.15. The van der Waals surface area contributed by atoms with Crippen LogP contribution in [0.1, 0.15) is 18.4 Å². The van der Waals surface area contributed by atoms with Gasteiger partial charge >= 0.3 is 5.97 Å². The van der Waals surface area contributed by atoms with Gasteiger partial charge in [0.15, 0.2) is 0 Å². The van der Waals surface area contributed by atoms with Crippen LogP contribution in [0.4, 0.5) is 4.39 Å². The molecule has 3 nitrogen and oxygen atoms in total. The maximum absolute atomic E-state index is 13.0. The van der Waals surface area contributed by atoms with E-state index in [0.29, 0.717) is 24.0 Å². The minimum Gasteiger partial charge on any atom is -0.481 e. The predicted octanol–water partition coefficient (Wildman–Crippen LogP) is 2.54. The molecule has 0 aliphatic carbocycles. The molecule has 2 N–H and O–H groups in total. The summed E-state index contributed by atoms with van der Waals surface area (Å²) in [4.78, 5) is 10.2. The monoisotopic (exact) mass is 289 g/mol. The number of hydrogen-bond acceptors (Lipinski definition) is 2. The van der Waals surface area contributed by atoms with Crippen molar-refractivity contribution in [1.29, 1.82) is 0 Å². The number of nitrogens with one attached hydrogen (secondary N) is 1. The molecule has 0 heterocycles. The first-order valence-electron chi connectivity index (χ1n) is 4.95. The molecule has 0 aliphatic rings. The average molecular weight is 290 g/mol. The van der Waals surface area contributed by atoms with Gasteiger partial charge < -0.3 is 10.4 Å². The van der Waals surface area contributed by atoms with Crippen LogP contribution in [0.2, 0.25) is 0 Å². The summed E-state index contributed by atoms with van der Waals surface area (Å²) in [5.41, 5.74) is 0.835. The minimum atomic E-state index is -0.796. The van der Waals surface area contributed by atoms with Gasteiger partial charge in [-0.3, -0.25) is 4.79 Å². The molecule has 1 rings (SSSR count). The van der Waals surface area contributed by atoms with Gasteiger partial charge in [0.25, 0.3) is 0 Å². The predicted molar refractivity (Wildman–Crippen MR) is 62.7 cm³/mol. The molecule has 0 fully saturated rings. The molecule has 0 spiro atoms. The fourth-order valence-electron chi connectivity index (χ4n) is 1.31. The molecule has 0 radical (unpaired) electrons. The second kappa shape index (κ2) is 6.60. The lowest BCUT2D eigenvalue weighted by Crippen LogP contribution is -2.15. The molecular weight excluding hydrogens is 277 g/mol. The maximum Gasteiger partial charge on any atom is 0.303 e. The molecule has 16 heavy (non-hydrogen) atoms. The van der Waals surface area contributed by atoms with Crippen molar-refractivity contribution in [2.24, 2.45) is 0 Å². The number of hydrogen-bond donors (Lipinski definition) is 2. The van der Waals surface area contributed by atoms with Crippen LogP contribution in [0.15, 0.2) is 22.7 Å². The Kier molecular flexibility index (Phi) is 5.42. The Labute approximate surface area is 102 Å². The fourth-order valence-corrected chi connectivity index (χ4v) is 1.82. The van der Waals surface area contributed by atoms with E-state index in [2.05, 4.69) is 21.2 Å². The van der Waals surface area contributed by atoms with Crippen molar-refractivity contribution in [2.45, 2.75) is 19.4 Å². The van der Waals surface area contributed by atoms with E-state index >= 15 is 0 Å². The summed E-state index contributed by atoms with van der Waals surface area (Å²) in [7, 11) is 0. The van der Waals surface area contributed by atoms with E-state index in [4.69, 9.17) is 5.11 Å². The highest BCUT2D eigenvalue weighted by atomic mass is 79.9. The van der Waals surface area contributed by atoms with Crippen molar-refractivity contribution in [3.05, 3.63) is 34.1 Å². The quantitative estimate of drug-likeness (QED) is 0.792. The third-order valence-corrected chi connectivity index (χ3v) is 2.45. The Morgan fingerprint density at radius 1 is 1.44 bits per heavy atom. The lowest BCUT2D eigenvalue weighted by molar-refractivity contribution is -0.137. The van der Waals surface area contributed by atoms with E-state index in [9.17, 15) is 9.18 Å². The second-order valence-electron chi connectivity index (χ2n) is 3.45. The molecule has 0 atom stereocenters. The zero-order chi connectivity index (χ0) is 12.0. The zero-order valence-electron chi connectivity index (χ0n) is 8.67. The van der Waals surface area contributed by atoms with Crippen molar-refractivity contribution < 1.29 is 14.3 Å². The molecule has 0 aliphatic heterocycles. The van der Waals surface area contributed by atoms with E-state index in [1.807, 2.05) is 6.07 Å². The standard InChI is InChI=1S/C11H13BrFNO2/c12-9-4-8(5-10(13)6-9)7-14-3-1-2-11(15)16/h4-6,14H,1-3,7H2,(H,15,16). The van der Waals surface area contributed by atoms with Gasteiger partial charge in [0.2, 0.25) is 0 Å². The van der Waals surface area contributed by atoms with Gasteiger partial charge in [0, 0.05) is 17.4 Å². The summed E-state index contributed by atoms with van der Waals surface area (Å²) in [5.74, 6) is -1.08. The number of benzene rings is 1. The van der Waals surface area contributed by atoms with Crippen LogP contribution in [-0.2, 0) is 11.3 Å². The number of carboxylic acid groups (broad SMARTS) is 1. The summed E-state index contributed by atoms with van der Waals surface area (Å²) < 4.78 is 13.7. The smallest absolute Gasteiger partial charge is 0.303 e. The van der Waals surface area contributed by atoms with Crippen LogP contribution in [0, 0.1) is 5.82 Å². The molecule has 0 unspecified atom stereocenters. The van der Waals surface area contributed by atoms with Gasteiger partial charge in [-0.1, -0.05) is 15.9 Å². The summed E-state index contributed by atoms with van der Waals surface area (Å²) in [6.07, 6.45) is 0.728. The Morgan fingerprint density at radius 2 is 2.19 bits per heavy atom. The van der Waals surface area contributed by atoms with E-state index in [-0.39, 0.29) is 12.2 Å². The van der Waals surface area contributed by atoms with Gasteiger partial charge in [-0.25, -0.2) is 4.39 Å². The van der Waals surface area contributed by atoms with Crippen LogP contribution in [0.25, 0.3) is 0 Å². The molecule has 0 saturated carbocycles. The zero-order valence-corrected chi connectivity index (χ0v) is 10.3. The number of rotatable bonds is 6.